The van der Waals surface area contributed by atoms with Crippen LogP contribution in [0, 0.1) is 0 Å². The van der Waals surface area contributed by atoms with E-state index < -0.39 is 0 Å². The first-order chi connectivity index (χ1) is 8.33. The van der Waals surface area contributed by atoms with E-state index in [4.69, 9.17) is 15.2 Å². The molecule has 2 heterocycles. The summed E-state index contributed by atoms with van der Waals surface area (Å²) in [5.74, 6) is 0.779. The molecule has 0 saturated carbocycles. The molecule has 0 aliphatic carbocycles. The number of nitrogen functional groups attached to an aromatic ring is 1. The minimum absolute atomic E-state index is 0.0627. The van der Waals surface area contributed by atoms with Gasteiger partial charge in [0.05, 0.1) is 24.1 Å². The van der Waals surface area contributed by atoms with Gasteiger partial charge in [0.25, 0.3) is 0 Å². The normalized spacial score (nSPS) is 19.6. The van der Waals surface area contributed by atoms with Gasteiger partial charge in [0.2, 0.25) is 11.8 Å². The summed E-state index contributed by atoms with van der Waals surface area (Å²) in [4.78, 5) is 8.32. The van der Waals surface area contributed by atoms with Gasteiger partial charge in [0.15, 0.2) is 0 Å². The zero-order valence-corrected chi connectivity index (χ0v) is 9.30. The van der Waals surface area contributed by atoms with E-state index in [1.54, 1.807) is 0 Å². The van der Waals surface area contributed by atoms with Crippen LogP contribution in [0.1, 0.15) is 6.42 Å². The lowest BCUT2D eigenvalue weighted by molar-refractivity contribution is 0.139. The molecule has 5 heteroatoms. The van der Waals surface area contributed by atoms with Gasteiger partial charge >= 0.3 is 0 Å². The van der Waals surface area contributed by atoms with E-state index in [0.717, 1.165) is 23.9 Å². The fraction of sp³-hybridized carbons (Fsp3) is 0.333. The van der Waals surface area contributed by atoms with Crippen molar-refractivity contribution in [3.05, 3.63) is 24.3 Å². The molecule has 1 aromatic heterocycles. The Morgan fingerprint density at radius 3 is 3.00 bits per heavy atom. The number of rotatable bonds is 2. The number of nitrogens with zero attached hydrogens (tertiary/aromatic N) is 2. The van der Waals surface area contributed by atoms with Crippen molar-refractivity contribution in [2.24, 2.45) is 0 Å². The quantitative estimate of drug-likeness (QED) is 0.845. The lowest BCUT2D eigenvalue weighted by Crippen LogP contribution is -2.17. The zero-order chi connectivity index (χ0) is 11.7. The van der Waals surface area contributed by atoms with Crippen LogP contribution in [0.2, 0.25) is 0 Å². The third-order valence-corrected chi connectivity index (χ3v) is 2.75. The van der Waals surface area contributed by atoms with Crippen molar-refractivity contribution in [2.45, 2.75) is 12.5 Å². The van der Waals surface area contributed by atoms with Gasteiger partial charge in [-0.05, 0) is 12.1 Å². The third-order valence-electron chi connectivity index (χ3n) is 2.75. The number of anilines is 1. The molecule has 5 nitrogen and oxygen atoms in total. The summed E-state index contributed by atoms with van der Waals surface area (Å²) < 4.78 is 11.1. The van der Waals surface area contributed by atoms with Gasteiger partial charge in [-0.25, -0.2) is 4.98 Å². The molecule has 1 aliphatic heterocycles. The number of nitrogens with two attached hydrogens (primary N) is 1. The predicted octanol–water partition coefficient (Wildman–Crippen LogP) is 1.38. The first kappa shape index (κ1) is 10.3. The average molecular weight is 231 g/mol. The molecular weight excluding hydrogens is 218 g/mol. The highest BCUT2D eigenvalue weighted by atomic mass is 16.5. The number of para-hydroxylation sites is 1. The molecule has 1 saturated heterocycles. The summed E-state index contributed by atoms with van der Waals surface area (Å²) in [6.45, 7) is 1.35. The molecule has 1 unspecified atom stereocenters. The Labute approximate surface area is 98.6 Å². The van der Waals surface area contributed by atoms with E-state index in [1.165, 1.54) is 0 Å². The van der Waals surface area contributed by atoms with Gasteiger partial charge in [0, 0.05) is 6.42 Å². The molecule has 1 fully saturated rings. The molecule has 0 amide bonds. The topological polar surface area (TPSA) is 70.3 Å². The lowest BCUT2D eigenvalue weighted by Gasteiger charge is -2.12. The Kier molecular flexibility index (Phi) is 2.53. The molecule has 3 rings (SSSR count). The van der Waals surface area contributed by atoms with E-state index in [1.807, 2.05) is 24.3 Å². The third kappa shape index (κ3) is 2.01. The van der Waals surface area contributed by atoms with E-state index >= 15 is 0 Å². The largest absolute Gasteiger partial charge is 0.471 e. The molecule has 1 aliphatic rings. The van der Waals surface area contributed by atoms with Crippen molar-refractivity contribution in [3.63, 3.8) is 0 Å². The summed E-state index contributed by atoms with van der Waals surface area (Å²) in [6, 6.07) is 7.67. The Hall–Kier alpha value is -1.88. The molecule has 0 radical (unpaired) electrons. The smallest absolute Gasteiger partial charge is 0.226 e. The Balaban J connectivity index is 2.01. The highest BCUT2D eigenvalue weighted by molar-refractivity contribution is 5.84. The molecule has 0 spiro atoms. The average Bonchev–Trinajstić information content (AvgIpc) is 2.81. The molecular formula is C12H13N3O2. The fourth-order valence-electron chi connectivity index (χ4n) is 1.92. The first-order valence-corrected chi connectivity index (χ1v) is 5.59. The number of hydrogen-bond acceptors (Lipinski definition) is 5. The standard InChI is InChI=1S/C12H13N3O2/c13-12-14-10-4-2-1-3-9(10)11(15-12)17-8-5-6-16-7-8/h1-4,8H,5-7H2,(H2,13,14,15). The van der Waals surface area contributed by atoms with Crippen LogP contribution in [0.15, 0.2) is 24.3 Å². The van der Waals surface area contributed by atoms with Crippen molar-refractivity contribution in [3.8, 4) is 5.88 Å². The Morgan fingerprint density at radius 1 is 1.29 bits per heavy atom. The van der Waals surface area contributed by atoms with Crippen LogP contribution in [0.5, 0.6) is 5.88 Å². The van der Waals surface area contributed by atoms with Crippen LogP contribution in [0.25, 0.3) is 10.9 Å². The predicted molar refractivity (Wildman–Crippen MR) is 63.8 cm³/mol. The highest BCUT2D eigenvalue weighted by Gasteiger charge is 2.19. The summed E-state index contributed by atoms with van der Waals surface area (Å²) in [7, 11) is 0. The van der Waals surface area contributed by atoms with Crippen LogP contribution in [0.4, 0.5) is 5.95 Å². The van der Waals surface area contributed by atoms with Crippen LogP contribution >= 0.6 is 0 Å². The maximum Gasteiger partial charge on any atom is 0.226 e. The molecule has 88 valence electrons. The SMILES string of the molecule is Nc1nc(OC2CCOC2)c2ccccc2n1. The molecule has 0 bridgehead atoms. The molecule has 1 atom stereocenters. The van der Waals surface area contributed by atoms with Gasteiger partial charge in [-0.1, -0.05) is 12.1 Å². The van der Waals surface area contributed by atoms with Crippen LogP contribution in [0.3, 0.4) is 0 Å². The molecule has 1 aromatic carbocycles. The van der Waals surface area contributed by atoms with E-state index in [9.17, 15) is 0 Å². The van der Waals surface area contributed by atoms with E-state index in [2.05, 4.69) is 9.97 Å². The maximum absolute atomic E-state index is 5.81. The molecule has 2 N–H and O–H groups in total. The van der Waals surface area contributed by atoms with Gasteiger partial charge in [-0.3, -0.25) is 0 Å². The number of fused-ring (bicyclic) bond motifs is 1. The molecule has 17 heavy (non-hydrogen) atoms. The van der Waals surface area contributed by atoms with Crippen LogP contribution in [-0.4, -0.2) is 29.3 Å². The minimum Gasteiger partial charge on any atom is -0.471 e. The summed E-state index contributed by atoms with van der Waals surface area (Å²) in [6.07, 6.45) is 0.950. The van der Waals surface area contributed by atoms with Crippen molar-refractivity contribution in [2.75, 3.05) is 18.9 Å². The maximum atomic E-state index is 5.81. The monoisotopic (exact) mass is 231 g/mol. The molecule has 2 aromatic rings. The highest BCUT2D eigenvalue weighted by Crippen LogP contribution is 2.25. The zero-order valence-electron chi connectivity index (χ0n) is 9.30. The second-order valence-electron chi connectivity index (χ2n) is 4.01. The summed E-state index contributed by atoms with van der Waals surface area (Å²) in [5, 5.41) is 0.883. The summed E-state index contributed by atoms with van der Waals surface area (Å²) >= 11 is 0. The van der Waals surface area contributed by atoms with Gasteiger partial charge in [0.1, 0.15) is 6.10 Å². The minimum atomic E-state index is 0.0627. The second-order valence-corrected chi connectivity index (χ2v) is 4.01. The van der Waals surface area contributed by atoms with Gasteiger partial charge in [-0.2, -0.15) is 4.98 Å². The Bertz CT molecular complexity index is 538. The number of aromatic nitrogens is 2. The number of benzene rings is 1. The Morgan fingerprint density at radius 2 is 2.18 bits per heavy atom. The second kappa shape index (κ2) is 4.18. The van der Waals surface area contributed by atoms with Crippen molar-refractivity contribution < 1.29 is 9.47 Å². The lowest BCUT2D eigenvalue weighted by atomic mass is 10.2. The van der Waals surface area contributed by atoms with E-state index in [-0.39, 0.29) is 12.1 Å². The van der Waals surface area contributed by atoms with Crippen molar-refractivity contribution >= 4 is 16.9 Å². The van der Waals surface area contributed by atoms with E-state index in [0.29, 0.717) is 12.5 Å². The van der Waals surface area contributed by atoms with Crippen molar-refractivity contribution in [1.82, 2.24) is 9.97 Å². The first-order valence-electron chi connectivity index (χ1n) is 5.59. The van der Waals surface area contributed by atoms with Gasteiger partial charge < -0.3 is 15.2 Å². The van der Waals surface area contributed by atoms with Crippen LogP contribution in [-0.2, 0) is 4.74 Å². The number of ether oxygens (including phenoxy) is 2. The van der Waals surface area contributed by atoms with Gasteiger partial charge in [-0.15, -0.1) is 0 Å². The van der Waals surface area contributed by atoms with Crippen molar-refractivity contribution in [1.29, 1.82) is 0 Å². The number of hydrogen-bond donors (Lipinski definition) is 1. The fourth-order valence-corrected chi connectivity index (χ4v) is 1.92. The summed E-state index contributed by atoms with van der Waals surface area (Å²) in [5.41, 5.74) is 6.47. The van der Waals surface area contributed by atoms with Crippen LogP contribution < -0.4 is 10.5 Å².